The third-order valence-corrected chi connectivity index (χ3v) is 2.36. The molecule has 0 aliphatic carbocycles. The lowest BCUT2D eigenvalue weighted by Crippen LogP contribution is -2.35. The first-order valence-electron chi connectivity index (χ1n) is 6.78. The van der Waals surface area contributed by atoms with Gasteiger partial charge in [-0.1, -0.05) is 12.1 Å². The lowest BCUT2D eigenvalue weighted by molar-refractivity contribution is -0.274. The monoisotopic (exact) mass is 333 g/mol. The zero-order valence-electron chi connectivity index (χ0n) is 13.0. The number of benzene rings is 1. The summed E-state index contributed by atoms with van der Waals surface area (Å²) in [6.45, 7) is 4.76. The zero-order chi connectivity index (χ0) is 17.7. The van der Waals surface area contributed by atoms with E-state index in [0.717, 1.165) is 12.1 Å². The Morgan fingerprint density at radius 1 is 1.17 bits per heavy atom. The van der Waals surface area contributed by atoms with Crippen LogP contribution in [0.15, 0.2) is 24.3 Å². The molecule has 23 heavy (non-hydrogen) atoms. The van der Waals surface area contributed by atoms with Crippen LogP contribution in [0.25, 0.3) is 0 Å². The molecule has 1 rings (SSSR count). The van der Waals surface area contributed by atoms with Crippen molar-refractivity contribution in [2.24, 2.45) is 0 Å². The van der Waals surface area contributed by atoms with E-state index in [2.05, 4.69) is 10.1 Å². The maximum atomic E-state index is 12.1. The topological polar surface area (TPSA) is 64.6 Å². The van der Waals surface area contributed by atoms with Gasteiger partial charge in [0.25, 0.3) is 0 Å². The number of Topliss-reactive ketones (excluding diaryl/α,β-unsaturated/α-hetero) is 1. The van der Waals surface area contributed by atoms with Gasteiger partial charge >= 0.3 is 12.5 Å². The number of ether oxygens (including phenoxy) is 2. The summed E-state index contributed by atoms with van der Waals surface area (Å²) in [5, 5.41) is 2.29. The number of carbonyl (C=O) groups is 2. The molecule has 0 fully saturated rings. The fraction of sp³-hybridized carbons (Fsp3) is 0.467. The average molecular weight is 333 g/mol. The van der Waals surface area contributed by atoms with Gasteiger partial charge in [-0.05, 0) is 38.5 Å². The molecule has 0 atom stereocenters. The molecule has 0 saturated carbocycles. The van der Waals surface area contributed by atoms with E-state index in [1.807, 2.05) is 0 Å². The van der Waals surface area contributed by atoms with Crippen molar-refractivity contribution in [3.05, 3.63) is 29.8 Å². The van der Waals surface area contributed by atoms with Crippen molar-refractivity contribution in [1.29, 1.82) is 0 Å². The van der Waals surface area contributed by atoms with E-state index >= 15 is 0 Å². The van der Waals surface area contributed by atoms with Crippen LogP contribution in [0.1, 0.15) is 26.3 Å². The molecule has 1 N–H and O–H groups in total. The fourth-order valence-electron chi connectivity index (χ4n) is 1.63. The average Bonchev–Trinajstić information content (AvgIpc) is 2.32. The second kappa shape index (κ2) is 7.34. The molecule has 0 spiro atoms. The predicted octanol–water partition coefficient (Wildman–Crippen LogP) is 3.22. The van der Waals surface area contributed by atoms with Crippen LogP contribution in [0.4, 0.5) is 18.0 Å². The number of rotatable bonds is 5. The van der Waals surface area contributed by atoms with Crippen molar-refractivity contribution in [3.8, 4) is 5.75 Å². The maximum Gasteiger partial charge on any atom is 0.573 e. The van der Waals surface area contributed by atoms with Crippen LogP contribution in [-0.2, 0) is 16.0 Å². The van der Waals surface area contributed by atoms with Gasteiger partial charge in [-0.2, -0.15) is 0 Å². The van der Waals surface area contributed by atoms with Gasteiger partial charge in [-0.15, -0.1) is 13.2 Å². The normalized spacial score (nSPS) is 11.7. The molecule has 1 aromatic rings. The van der Waals surface area contributed by atoms with E-state index in [0.29, 0.717) is 5.56 Å². The van der Waals surface area contributed by atoms with Crippen LogP contribution in [0.3, 0.4) is 0 Å². The first-order valence-corrected chi connectivity index (χ1v) is 6.78. The number of halogens is 3. The lowest BCUT2D eigenvalue weighted by Gasteiger charge is -2.19. The Kier molecular flexibility index (Phi) is 6.00. The molecule has 0 unspecified atom stereocenters. The molecular weight excluding hydrogens is 315 g/mol. The Balaban J connectivity index is 2.51. The summed E-state index contributed by atoms with van der Waals surface area (Å²) in [6, 6.07) is 5.11. The van der Waals surface area contributed by atoms with Gasteiger partial charge in [0, 0.05) is 6.42 Å². The molecule has 1 aromatic carbocycles. The van der Waals surface area contributed by atoms with Crippen molar-refractivity contribution in [2.45, 2.75) is 39.2 Å². The largest absolute Gasteiger partial charge is 0.573 e. The maximum absolute atomic E-state index is 12.1. The molecule has 0 aliphatic heterocycles. The molecule has 128 valence electrons. The molecule has 1 amide bonds. The first-order chi connectivity index (χ1) is 10.4. The fourth-order valence-corrected chi connectivity index (χ4v) is 1.63. The second-order valence-corrected chi connectivity index (χ2v) is 5.77. The number of alkyl halides is 3. The van der Waals surface area contributed by atoms with Crippen LogP contribution in [0.5, 0.6) is 5.75 Å². The van der Waals surface area contributed by atoms with Gasteiger partial charge in [0.05, 0.1) is 6.54 Å². The van der Waals surface area contributed by atoms with Crippen LogP contribution in [-0.4, -0.2) is 30.4 Å². The van der Waals surface area contributed by atoms with Gasteiger partial charge in [-0.25, -0.2) is 4.79 Å². The van der Waals surface area contributed by atoms with Gasteiger partial charge in [-0.3, -0.25) is 4.79 Å². The Labute approximate surface area is 131 Å². The second-order valence-electron chi connectivity index (χ2n) is 5.77. The summed E-state index contributed by atoms with van der Waals surface area (Å²) < 4.78 is 45.1. The summed E-state index contributed by atoms with van der Waals surface area (Å²) in [7, 11) is 0. The highest BCUT2D eigenvalue weighted by Gasteiger charge is 2.31. The van der Waals surface area contributed by atoms with Crippen LogP contribution >= 0.6 is 0 Å². The minimum atomic E-state index is -4.79. The van der Waals surface area contributed by atoms with E-state index in [-0.39, 0.29) is 18.7 Å². The summed E-state index contributed by atoms with van der Waals surface area (Å²) in [5.41, 5.74) is -0.334. The van der Waals surface area contributed by atoms with E-state index in [1.165, 1.54) is 12.1 Å². The minimum absolute atomic E-state index is 0.134. The first kappa shape index (κ1) is 18.8. The van der Waals surface area contributed by atoms with Crippen molar-refractivity contribution in [3.63, 3.8) is 0 Å². The molecule has 5 nitrogen and oxygen atoms in total. The number of alkyl carbamates (subject to hydrolysis) is 1. The smallest absolute Gasteiger partial charge is 0.444 e. The number of ketones is 1. The van der Waals surface area contributed by atoms with E-state index in [9.17, 15) is 22.8 Å². The van der Waals surface area contributed by atoms with E-state index in [1.54, 1.807) is 20.8 Å². The molecule has 0 heterocycles. The zero-order valence-corrected chi connectivity index (χ0v) is 13.0. The van der Waals surface area contributed by atoms with E-state index in [4.69, 9.17) is 4.74 Å². The number of hydrogen-bond donors (Lipinski definition) is 1. The molecule has 0 bridgehead atoms. The number of hydrogen-bond acceptors (Lipinski definition) is 4. The van der Waals surface area contributed by atoms with Crippen LogP contribution < -0.4 is 10.1 Å². The summed E-state index contributed by atoms with van der Waals surface area (Å²) in [4.78, 5) is 23.1. The van der Waals surface area contributed by atoms with Gasteiger partial charge in [0.1, 0.15) is 11.4 Å². The number of carbonyl (C=O) groups excluding carboxylic acids is 2. The summed E-state index contributed by atoms with van der Waals surface area (Å²) in [5.74, 6) is -0.775. The molecule has 0 radical (unpaired) electrons. The SMILES string of the molecule is CC(C)(C)OC(=O)NCC(=O)Cc1cccc(OC(F)(F)F)c1. The van der Waals surface area contributed by atoms with Crippen LogP contribution in [0.2, 0.25) is 0 Å². The van der Waals surface area contributed by atoms with Gasteiger partial charge < -0.3 is 14.8 Å². The minimum Gasteiger partial charge on any atom is -0.444 e. The van der Waals surface area contributed by atoms with Crippen LogP contribution in [0, 0.1) is 0 Å². The highest BCUT2D eigenvalue weighted by molar-refractivity contribution is 5.85. The Hall–Kier alpha value is -2.25. The molecule has 0 saturated heterocycles. The number of amides is 1. The third kappa shape index (κ3) is 8.70. The Bertz CT molecular complexity index is 565. The summed E-state index contributed by atoms with van der Waals surface area (Å²) >= 11 is 0. The number of nitrogens with one attached hydrogen (secondary N) is 1. The Morgan fingerprint density at radius 2 is 1.83 bits per heavy atom. The van der Waals surface area contributed by atoms with Gasteiger partial charge in [0.2, 0.25) is 0 Å². The molecule has 0 aromatic heterocycles. The Morgan fingerprint density at radius 3 is 2.39 bits per heavy atom. The third-order valence-electron chi connectivity index (χ3n) is 2.36. The highest BCUT2D eigenvalue weighted by atomic mass is 19.4. The van der Waals surface area contributed by atoms with Crippen molar-refractivity contribution < 1.29 is 32.2 Å². The summed E-state index contributed by atoms with van der Waals surface area (Å²) in [6.07, 6.45) is -5.66. The predicted molar refractivity (Wildman–Crippen MR) is 76.1 cm³/mol. The standard InChI is InChI=1S/C15H18F3NO4/c1-14(2,3)23-13(21)19-9-11(20)7-10-5-4-6-12(8-10)22-15(16,17)18/h4-6,8H,7,9H2,1-3H3,(H,19,21). The lowest BCUT2D eigenvalue weighted by atomic mass is 10.1. The van der Waals surface area contributed by atoms with Crippen molar-refractivity contribution in [1.82, 2.24) is 5.32 Å². The van der Waals surface area contributed by atoms with Gasteiger partial charge in [0.15, 0.2) is 5.78 Å². The molecule has 0 aliphatic rings. The molecular formula is C15H18F3NO4. The van der Waals surface area contributed by atoms with Crippen molar-refractivity contribution >= 4 is 11.9 Å². The molecule has 8 heteroatoms. The van der Waals surface area contributed by atoms with Crippen molar-refractivity contribution in [2.75, 3.05) is 6.54 Å². The van der Waals surface area contributed by atoms with E-state index < -0.39 is 23.8 Å². The highest BCUT2D eigenvalue weighted by Crippen LogP contribution is 2.23. The quantitative estimate of drug-likeness (QED) is 0.898.